The zero-order chi connectivity index (χ0) is 19.3. The van der Waals surface area contributed by atoms with E-state index >= 15 is 0 Å². The monoisotopic (exact) mass is 371 g/mol. The molecule has 28 heavy (non-hydrogen) atoms. The molecule has 0 saturated heterocycles. The Morgan fingerprint density at radius 3 is 2.54 bits per heavy atom. The van der Waals surface area contributed by atoms with E-state index in [1.807, 2.05) is 42.5 Å². The highest BCUT2D eigenvalue weighted by atomic mass is 16.1. The Hall–Kier alpha value is -4.07. The van der Waals surface area contributed by atoms with Gasteiger partial charge in [0.1, 0.15) is 0 Å². The first-order chi connectivity index (χ1) is 13.7. The zero-order valence-corrected chi connectivity index (χ0v) is 15.0. The standard InChI is InChI=1S/C20H17N7O/c1-13(28)23-15-7-9-16(10-8-15)24-18-12-22-27-20(26-18)25-17-6-2-4-14-5-3-11-21-19(14)17/h2-12H,1H3,(H,23,28)(H2,24,25,26,27). The number of carbonyl (C=O) groups is 1. The molecule has 8 nitrogen and oxygen atoms in total. The first-order valence-electron chi connectivity index (χ1n) is 8.62. The van der Waals surface area contributed by atoms with Gasteiger partial charge in [-0.15, -0.1) is 5.10 Å². The summed E-state index contributed by atoms with van der Waals surface area (Å²) in [6, 6.07) is 17.0. The van der Waals surface area contributed by atoms with Gasteiger partial charge in [0.05, 0.1) is 17.4 Å². The third kappa shape index (κ3) is 4.01. The van der Waals surface area contributed by atoms with Crippen molar-refractivity contribution in [1.29, 1.82) is 0 Å². The molecular weight excluding hydrogens is 354 g/mol. The van der Waals surface area contributed by atoms with Crippen molar-refractivity contribution >= 4 is 45.6 Å². The van der Waals surface area contributed by atoms with Crippen LogP contribution in [0, 0.1) is 0 Å². The van der Waals surface area contributed by atoms with Crippen LogP contribution in [-0.4, -0.2) is 26.1 Å². The van der Waals surface area contributed by atoms with Crippen LogP contribution >= 0.6 is 0 Å². The van der Waals surface area contributed by atoms with Crippen LogP contribution in [0.5, 0.6) is 0 Å². The van der Waals surface area contributed by atoms with Gasteiger partial charge >= 0.3 is 0 Å². The van der Waals surface area contributed by atoms with E-state index in [1.165, 1.54) is 13.1 Å². The van der Waals surface area contributed by atoms with Crippen LogP contribution in [0.3, 0.4) is 0 Å². The number of nitrogens with zero attached hydrogens (tertiary/aromatic N) is 4. The van der Waals surface area contributed by atoms with E-state index in [9.17, 15) is 4.79 Å². The van der Waals surface area contributed by atoms with Crippen LogP contribution < -0.4 is 16.0 Å². The summed E-state index contributed by atoms with van der Waals surface area (Å²) in [4.78, 5) is 20.0. The van der Waals surface area contributed by atoms with E-state index < -0.39 is 0 Å². The molecule has 8 heteroatoms. The molecule has 0 aliphatic heterocycles. The van der Waals surface area contributed by atoms with E-state index in [2.05, 4.69) is 36.1 Å². The number of para-hydroxylation sites is 1. The summed E-state index contributed by atoms with van der Waals surface area (Å²) in [6.07, 6.45) is 3.28. The van der Waals surface area contributed by atoms with Crippen molar-refractivity contribution in [2.75, 3.05) is 16.0 Å². The van der Waals surface area contributed by atoms with Gasteiger partial charge in [0.15, 0.2) is 5.82 Å². The molecule has 4 rings (SSSR count). The highest BCUT2D eigenvalue weighted by Crippen LogP contribution is 2.23. The molecule has 138 valence electrons. The lowest BCUT2D eigenvalue weighted by Gasteiger charge is -2.09. The maximum atomic E-state index is 11.1. The van der Waals surface area contributed by atoms with Gasteiger partial charge in [-0.2, -0.15) is 10.1 Å². The Balaban J connectivity index is 1.52. The fourth-order valence-corrected chi connectivity index (χ4v) is 2.73. The number of fused-ring (bicyclic) bond motifs is 1. The van der Waals surface area contributed by atoms with Gasteiger partial charge in [-0.25, -0.2) is 0 Å². The van der Waals surface area contributed by atoms with Crippen LogP contribution in [0.4, 0.5) is 28.8 Å². The molecule has 2 aromatic carbocycles. The Labute approximate surface area is 161 Å². The second-order valence-corrected chi connectivity index (χ2v) is 6.05. The molecule has 0 fully saturated rings. The molecule has 0 unspecified atom stereocenters. The summed E-state index contributed by atoms with van der Waals surface area (Å²) in [5.74, 6) is 0.787. The molecule has 0 aliphatic rings. The lowest BCUT2D eigenvalue weighted by atomic mass is 10.2. The fourth-order valence-electron chi connectivity index (χ4n) is 2.73. The summed E-state index contributed by atoms with van der Waals surface area (Å²) >= 11 is 0. The van der Waals surface area contributed by atoms with Gasteiger partial charge in [-0.3, -0.25) is 9.78 Å². The van der Waals surface area contributed by atoms with E-state index in [1.54, 1.807) is 18.3 Å². The first kappa shape index (κ1) is 17.3. The summed E-state index contributed by atoms with van der Waals surface area (Å²) in [7, 11) is 0. The van der Waals surface area contributed by atoms with E-state index in [0.29, 0.717) is 11.8 Å². The highest BCUT2D eigenvalue weighted by molar-refractivity contribution is 5.91. The topological polar surface area (TPSA) is 105 Å². The molecule has 3 N–H and O–H groups in total. The van der Waals surface area contributed by atoms with Crippen molar-refractivity contribution < 1.29 is 4.79 Å². The van der Waals surface area contributed by atoms with Gasteiger partial charge in [-0.1, -0.05) is 18.2 Å². The normalized spacial score (nSPS) is 10.5. The van der Waals surface area contributed by atoms with Gasteiger partial charge in [0.25, 0.3) is 0 Å². The Morgan fingerprint density at radius 1 is 0.929 bits per heavy atom. The molecular formula is C20H17N7O. The predicted octanol–water partition coefficient (Wildman–Crippen LogP) is 3.87. The summed E-state index contributed by atoms with van der Waals surface area (Å²) < 4.78 is 0. The van der Waals surface area contributed by atoms with Crippen LogP contribution in [0.25, 0.3) is 10.9 Å². The van der Waals surface area contributed by atoms with E-state index in [-0.39, 0.29) is 5.91 Å². The Kier molecular flexibility index (Phi) is 4.75. The van der Waals surface area contributed by atoms with Crippen LogP contribution in [0.2, 0.25) is 0 Å². The number of pyridine rings is 1. The minimum absolute atomic E-state index is 0.112. The summed E-state index contributed by atoms with van der Waals surface area (Å²) in [5, 5.41) is 18.1. The minimum atomic E-state index is -0.112. The van der Waals surface area contributed by atoms with Gasteiger partial charge < -0.3 is 16.0 Å². The smallest absolute Gasteiger partial charge is 0.249 e. The number of nitrogens with one attached hydrogen (secondary N) is 3. The van der Waals surface area contributed by atoms with Crippen LogP contribution in [0.1, 0.15) is 6.92 Å². The first-order valence-corrected chi connectivity index (χ1v) is 8.62. The zero-order valence-electron chi connectivity index (χ0n) is 15.0. The fraction of sp³-hybridized carbons (Fsp3) is 0.0500. The van der Waals surface area contributed by atoms with Crippen molar-refractivity contribution in [1.82, 2.24) is 20.2 Å². The third-order valence-corrected chi connectivity index (χ3v) is 3.92. The molecule has 2 heterocycles. The molecule has 0 saturated carbocycles. The Bertz CT molecular complexity index is 1120. The molecule has 4 aromatic rings. The number of benzene rings is 2. The molecule has 0 aliphatic carbocycles. The Morgan fingerprint density at radius 2 is 1.71 bits per heavy atom. The molecule has 1 amide bonds. The number of hydrogen-bond donors (Lipinski definition) is 3. The van der Waals surface area contributed by atoms with Crippen LogP contribution in [0.15, 0.2) is 67.0 Å². The number of rotatable bonds is 5. The minimum Gasteiger partial charge on any atom is -0.339 e. The quantitative estimate of drug-likeness (QED) is 0.489. The molecule has 0 spiro atoms. The largest absolute Gasteiger partial charge is 0.339 e. The lowest BCUT2D eigenvalue weighted by molar-refractivity contribution is -0.114. The highest BCUT2D eigenvalue weighted by Gasteiger charge is 2.06. The van der Waals surface area contributed by atoms with Crippen molar-refractivity contribution in [2.45, 2.75) is 6.92 Å². The van der Waals surface area contributed by atoms with Gasteiger partial charge in [0.2, 0.25) is 11.9 Å². The van der Waals surface area contributed by atoms with E-state index in [4.69, 9.17) is 0 Å². The second-order valence-electron chi connectivity index (χ2n) is 6.05. The van der Waals surface area contributed by atoms with Crippen molar-refractivity contribution in [3.05, 3.63) is 67.0 Å². The summed E-state index contributed by atoms with van der Waals surface area (Å²) in [6.45, 7) is 1.47. The number of amides is 1. The number of anilines is 5. The SMILES string of the molecule is CC(=O)Nc1ccc(Nc2cnnc(Nc3cccc4cccnc34)n2)cc1. The molecule has 0 radical (unpaired) electrons. The van der Waals surface area contributed by atoms with Crippen molar-refractivity contribution in [3.63, 3.8) is 0 Å². The lowest BCUT2D eigenvalue weighted by Crippen LogP contribution is -2.05. The van der Waals surface area contributed by atoms with Crippen LogP contribution in [-0.2, 0) is 4.79 Å². The van der Waals surface area contributed by atoms with Crippen molar-refractivity contribution in [2.24, 2.45) is 0 Å². The van der Waals surface area contributed by atoms with Gasteiger partial charge in [-0.05, 0) is 36.4 Å². The third-order valence-electron chi connectivity index (χ3n) is 3.92. The maximum Gasteiger partial charge on any atom is 0.249 e. The van der Waals surface area contributed by atoms with Crippen molar-refractivity contribution in [3.8, 4) is 0 Å². The van der Waals surface area contributed by atoms with Gasteiger partial charge in [0, 0.05) is 29.9 Å². The average Bonchev–Trinajstić information content (AvgIpc) is 2.70. The second kappa shape index (κ2) is 7.67. The van der Waals surface area contributed by atoms with E-state index in [0.717, 1.165) is 28.0 Å². The molecule has 0 atom stereocenters. The summed E-state index contributed by atoms with van der Waals surface area (Å²) in [5.41, 5.74) is 3.18. The molecule has 0 bridgehead atoms. The number of carbonyl (C=O) groups excluding carboxylic acids is 1. The average molecular weight is 371 g/mol. The number of hydrogen-bond acceptors (Lipinski definition) is 7. The maximum absolute atomic E-state index is 11.1. The molecule has 2 aromatic heterocycles. The predicted molar refractivity (Wildman–Crippen MR) is 109 cm³/mol. The number of aromatic nitrogens is 4.